The number of rotatable bonds is 5. The monoisotopic (exact) mass is 372 g/mol. The summed E-state index contributed by atoms with van der Waals surface area (Å²) in [7, 11) is 0. The van der Waals surface area contributed by atoms with Crippen molar-refractivity contribution in [1.82, 2.24) is 9.47 Å². The first-order valence-corrected chi connectivity index (χ1v) is 8.14. The molecule has 0 spiro atoms. The van der Waals surface area contributed by atoms with Crippen LogP contribution in [0.15, 0.2) is 47.5 Å². The van der Waals surface area contributed by atoms with Crippen LogP contribution in [-0.2, 0) is 9.59 Å². The number of hydrogen-bond acceptors (Lipinski definition) is 6. The summed E-state index contributed by atoms with van der Waals surface area (Å²) in [5.74, 6) is -1.39. The maximum Gasteiger partial charge on any atom is 0.294 e. The fourth-order valence-corrected chi connectivity index (χ4v) is 3.25. The molecule has 2 heterocycles. The van der Waals surface area contributed by atoms with Gasteiger partial charge in [0.15, 0.2) is 0 Å². The molecule has 1 fully saturated rings. The Morgan fingerprint density at radius 1 is 1.27 bits per heavy atom. The van der Waals surface area contributed by atoms with Crippen LogP contribution in [0, 0.1) is 10.1 Å². The summed E-state index contributed by atoms with van der Waals surface area (Å²) in [5.41, 5.74) is 6.06. The standard InChI is InChI=1S/C16H12N4O5S/c17-14(21)9-19-15(22)13(26-16(19)23)8-11-5-2-6-18(11)10-3-1-4-12(7-10)20(24)25/h1-8H,9H2,(H2,17,21)/b13-8-. The van der Waals surface area contributed by atoms with E-state index in [2.05, 4.69) is 0 Å². The van der Waals surface area contributed by atoms with Gasteiger partial charge in [-0.1, -0.05) is 6.07 Å². The zero-order valence-corrected chi connectivity index (χ0v) is 14.0. The van der Waals surface area contributed by atoms with Crippen LogP contribution >= 0.6 is 11.8 Å². The number of thioether (sulfide) groups is 1. The van der Waals surface area contributed by atoms with E-state index < -0.39 is 28.5 Å². The molecule has 1 aromatic heterocycles. The maximum absolute atomic E-state index is 12.3. The van der Waals surface area contributed by atoms with Crippen LogP contribution in [0.5, 0.6) is 0 Å². The summed E-state index contributed by atoms with van der Waals surface area (Å²) in [4.78, 5) is 46.5. The van der Waals surface area contributed by atoms with Crippen LogP contribution in [-0.4, -0.2) is 38.0 Å². The third-order valence-electron chi connectivity index (χ3n) is 3.57. The first-order valence-electron chi connectivity index (χ1n) is 7.32. The quantitative estimate of drug-likeness (QED) is 0.485. The number of non-ortho nitro benzene ring substituents is 1. The van der Waals surface area contributed by atoms with Gasteiger partial charge >= 0.3 is 0 Å². The highest BCUT2D eigenvalue weighted by Crippen LogP contribution is 2.32. The molecule has 132 valence electrons. The van der Waals surface area contributed by atoms with E-state index in [0.29, 0.717) is 23.1 Å². The van der Waals surface area contributed by atoms with E-state index in [4.69, 9.17) is 5.73 Å². The SMILES string of the molecule is NC(=O)CN1C(=O)S/C(=C\c2cccn2-c2cccc([N+](=O)[O-])c2)C1=O. The molecule has 26 heavy (non-hydrogen) atoms. The van der Waals surface area contributed by atoms with E-state index in [1.807, 2.05) is 0 Å². The summed E-state index contributed by atoms with van der Waals surface area (Å²) >= 11 is 0.703. The molecule has 0 unspecified atom stereocenters. The van der Waals surface area contributed by atoms with Gasteiger partial charge in [-0.3, -0.25) is 29.4 Å². The van der Waals surface area contributed by atoms with Gasteiger partial charge < -0.3 is 10.3 Å². The van der Waals surface area contributed by atoms with E-state index in [9.17, 15) is 24.5 Å². The molecule has 2 N–H and O–H groups in total. The predicted octanol–water partition coefficient (Wildman–Crippen LogP) is 1.91. The van der Waals surface area contributed by atoms with Crippen molar-refractivity contribution in [3.8, 4) is 5.69 Å². The van der Waals surface area contributed by atoms with Crippen molar-refractivity contribution in [2.45, 2.75) is 0 Å². The Bertz CT molecular complexity index is 965. The van der Waals surface area contributed by atoms with E-state index in [1.165, 1.54) is 18.2 Å². The van der Waals surface area contributed by atoms with Crippen molar-refractivity contribution in [1.29, 1.82) is 0 Å². The second-order valence-corrected chi connectivity index (χ2v) is 6.31. The highest BCUT2D eigenvalue weighted by Gasteiger charge is 2.36. The molecular formula is C16H12N4O5S. The van der Waals surface area contributed by atoms with E-state index in [1.54, 1.807) is 35.0 Å². The molecule has 3 rings (SSSR count). The molecule has 2 aromatic rings. The fraction of sp³-hybridized carbons (Fsp3) is 0.0625. The Morgan fingerprint density at radius 2 is 2.04 bits per heavy atom. The maximum atomic E-state index is 12.3. The molecule has 3 amide bonds. The molecule has 9 nitrogen and oxygen atoms in total. The molecular weight excluding hydrogens is 360 g/mol. The number of hydrogen-bond donors (Lipinski definition) is 1. The highest BCUT2D eigenvalue weighted by molar-refractivity contribution is 8.18. The largest absolute Gasteiger partial charge is 0.368 e. The molecule has 0 radical (unpaired) electrons. The Hall–Kier alpha value is -3.40. The van der Waals surface area contributed by atoms with Gasteiger partial charge in [-0.15, -0.1) is 0 Å². The number of nitrogens with zero attached hydrogens (tertiary/aromatic N) is 3. The van der Waals surface area contributed by atoms with Gasteiger partial charge in [0.1, 0.15) is 6.54 Å². The number of nitro benzene ring substituents is 1. The molecule has 1 aliphatic heterocycles. The highest BCUT2D eigenvalue weighted by atomic mass is 32.2. The van der Waals surface area contributed by atoms with Crippen molar-refractivity contribution < 1.29 is 19.3 Å². The number of primary amides is 1. The van der Waals surface area contributed by atoms with E-state index >= 15 is 0 Å². The summed E-state index contributed by atoms with van der Waals surface area (Å²) < 4.78 is 1.65. The molecule has 1 aromatic carbocycles. The Morgan fingerprint density at radius 3 is 2.73 bits per heavy atom. The topological polar surface area (TPSA) is 129 Å². The number of carbonyl (C=O) groups excluding carboxylic acids is 3. The molecule has 0 atom stereocenters. The lowest BCUT2D eigenvalue weighted by molar-refractivity contribution is -0.384. The second kappa shape index (κ2) is 6.84. The van der Waals surface area contributed by atoms with Gasteiger partial charge in [-0.05, 0) is 36.0 Å². The zero-order chi connectivity index (χ0) is 18.8. The minimum Gasteiger partial charge on any atom is -0.368 e. The summed E-state index contributed by atoms with van der Waals surface area (Å²) in [6.45, 7) is -0.478. The van der Waals surface area contributed by atoms with Crippen LogP contribution in [0.2, 0.25) is 0 Å². The number of carbonyl (C=O) groups is 3. The molecule has 1 saturated heterocycles. The normalized spacial score (nSPS) is 15.7. The number of nitro groups is 1. The van der Waals surface area contributed by atoms with E-state index in [-0.39, 0.29) is 10.6 Å². The molecule has 0 saturated carbocycles. The summed E-state index contributed by atoms with van der Waals surface area (Å²) in [6.07, 6.45) is 3.17. The average molecular weight is 372 g/mol. The van der Waals surface area contributed by atoms with Gasteiger partial charge in [-0.25, -0.2) is 0 Å². The van der Waals surface area contributed by atoms with Crippen LogP contribution in [0.4, 0.5) is 10.5 Å². The lowest BCUT2D eigenvalue weighted by Gasteiger charge is -2.09. The van der Waals surface area contributed by atoms with E-state index in [0.717, 1.165) is 4.90 Å². The lowest BCUT2D eigenvalue weighted by Crippen LogP contribution is -2.36. The van der Waals surface area contributed by atoms with Gasteiger partial charge in [0.2, 0.25) is 5.91 Å². The molecule has 1 aliphatic rings. The summed E-state index contributed by atoms with van der Waals surface area (Å²) in [6, 6.07) is 9.42. The number of amides is 3. The smallest absolute Gasteiger partial charge is 0.294 e. The molecule has 0 bridgehead atoms. The van der Waals surface area contributed by atoms with Crippen molar-refractivity contribution in [3.63, 3.8) is 0 Å². The number of aromatic nitrogens is 1. The van der Waals surface area contributed by atoms with Crippen molar-refractivity contribution in [2.75, 3.05) is 6.54 Å². The third-order valence-corrected chi connectivity index (χ3v) is 4.47. The first-order chi connectivity index (χ1) is 12.4. The second-order valence-electron chi connectivity index (χ2n) is 5.31. The predicted molar refractivity (Wildman–Crippen MR) is 94.3 cm³/mol. The Kier molecular flexibility index (Phi) is 4.59. The zero-order valence-electron chi connectivity index (χ0n) is 13.2. The molecule has 10 heteroatoms. The Balaban J connectivity index is 1.95. The van der Waals surface area contributed by atoms with Crippen LogP contribution in [0.3, 0.4) is 0 Å². The van der Waals surface area contributed by atoms with Crippen molar-refractivity contribution in [3.05, 3.63) is 63.3 Å². The third kappa shape index (κ3) is 3.35. The summed E-state index contributed by atoms with van der Waals surface area (Å²) in [5, 5.41) is 10.4. The minimum absolute atomic E-state index is 0.0658. The first kappa shape index (κ1) is 17.4. The number of benzene rings is 1. The average Bonchev–Trinajstić information content (AvgIpc) is 3.15. The van der Waals surface area contributed by atoms with Gasteiger partial charge in [0, 0.05) is 24.0 Å². The number of nitrogens with two attached hydrogens (primary N) is 1. The van der Waals surface area contributed by atoms with Crippen molar-refractivity contribution >= 4 is 40.6 Å². The van der Waals surface area contributed by atoms with Gasteiger partial charge in [-0.2, -0.15) is 0 Å². The fourth-order valence-electron chi connectivity index (χ4n) is 2.43. The van der Waals surface area contributed by atoms with Gasteiger partial charge in [0.05, 0.1) is 15.5 Å². The van der Waals surface area contributed by atoms with Crippen LogP contribution in [0.25, 0.3) is 11.8 Å². The van der Waals surface area contributed by atoms with Gasteiger partial charge in [0.25, 0.3) is 16.8 Å². The minimum atomic E-state index is -0.784. The molecule has 0 aliphatic carbocycles. The Labute approximate surface area is 151 Å². The van der Waals surface area contributed by atoms with Crippen molar-refractivity contribution in [2.24, 2.45) is 5.73 Å². The van der Waals surface area contributed by atoms with Crippen LogP contribution in [0.1, 0.15) is 5.69 Å². The lowest BCUT2D eigenvalue weighted by atomic mass is 10.2. The number of imide groups is 1. The van der Waals surface area contributed by atoms with Crippen LogP contribution < -0.4 is 5.73 Å².